The van der Waals surface area contributed by atoms with Crippen molar-refractivity contribution in [3.05, 3.63) is 40.7 Å². The lowest BCUT2D eigenvalue weighted by atomic mass is 10.1. The van der Waals surface area contributed by atoms with E-state index in [9.17, 15) is 4.39 Å². The second-order valence-corrected chi connectivity index (χ2v) is 7.94. The summed E-state index contributed by atoms with van der Waals surface area (Å²) in [6.07, 6.45) is 4.66. The molecule has 0 saturated heterocycles. The van der Waals surface area contributed by atoms with Gasteiger partial charge in [0.25, 0.3) is 0 Å². The van der Waals surface area contributed by atoms with Gasteiger partial charge in [0.15, 0.2) is 11.5 Å². The highest BCUT2D eigenvalue weighted by molar-refractivity contribution is 7.15. The number of aliphatic imine (C=N–C) groups is 1. The van der Waals surface area contributed by atoms with Gasteiger partial charge in [0.05, 0.1) is 12.8 Å². The monoisotopic (exact) mass is 433 g/mol. The molecular weight excluding hydrogens is 405 g/mol. The Bertz CT molecular complexity index is 928. The topological polar surface area (TPSA) is 108 Å². The second kappa shape index (κ2) is 10.4. The number of hydrogen-bond donors (Lipinski definition) is 3. The van der Waals surface area contributed by atoms with Crippen LogP contribution in [0.2, 0.25) is 0 Å². The Balaban J connectivity index is 1.81. The number of benzene rings is 1. The molecule has 0 fully saturated rings. The summed E-state index contributed by atoms with van der Waals surface area (Å²) in [5.41, 5.74) is 13.7. The lowest BCUT2D eigenvalue weighted by Crippen LogP contribution is -2.36. The molecule has 5 N–H and O–H groups in total. The first-order chi connectivity index (χ1) is 14.5. The van der Waals surface area contributed by atoms with Crippen LogP contribution in [-0.4, -0.2) is 37.4 Å². The van der Waals surface area contributed by atoms with Crippen molar-refractivity contribution >= 4 is 17.2 Å². The number of nitrogens with zero attached hydrogens (tertiary/aromatic N) is 2. The number of thiazole rings is 1. The Kier molecular flexibility index (Phi) is 7.64. The summed E-state index contributed by atoms with van der Waals surface area (Å²) in [5, 5.41) is 3.97. The van der Waals surface area contributed by atoms with Gasteiger partial charge in [-0.3, -0.25) is 0 Å². The number of hydrogen-bond acceptors (Lipinski definition) is 8. The highest BCUT2D eigenvalue weighted by atomic mass is 32.1. The molecule has 0 bridgehead atoms. The van der Waals surface area contributed by atoms with Gasteiger partial charge in [0.1, 0.15) is 36.1 Å². The molecule has 1 aliphatic rings. The molecule has 0 radical (unpaired) electrons. The van der Waals surface area contributed by atoms with Crippen molar-refractivity contribution in [2.75, 3.05) is 20.4 Å². The van der Waals surface area contributed by atoms with Gasteiger partial charge in [-0.15, -0.1) is 11.3 Å². The summed E-state index contributed by atoms with van der Waals surface area (Å²) in [7, 11) is 1.56. The summed E-state index contributed by atoms with van der Waals surface area (Å²) in [5.74, 6) is 2.38. The Labute approximate surface area is 180 Å². The molecule has 9 heteroatoms. The van der Waals surface area contributed by atoms with Gasteiger partial charge < -0.3 is 26.3 Å². The van der Waals surface area contributed by atoms with Crippen molar-refractivity contribution in [3.8, 4) is 22.1 Å². The molecule has 1 aromatic carbocycles. The summed E-state index contributed by atoms with van der Waals surface area (Å²) in [6.45, 7) is 1.58. The molecule has 1 atom stereocenters. The molecule has 7 nitrogen and oxygen atoms in total. The fourth-order valence-electron chi connectivity index (χ4n) is 3.20. The van der Waals surface area contributed by atoms with Gasteiger partial charge in [0.2, 0.25) is 0 Å². The molecule has 1 unspecified atom stereocenters. The molecule has 0 amide bonds. The van der Waals surface area contributed by atoms with E-state index in [1.807, 2.05) is 18.2 Å². The van der Waals surface area contributed by atoms with E-state index in [1.165, 1.54) is 4.88 Å². The highest BCUT2D eigenvalue weighted by Gasteiger charge is 2.16. The lowest BCUT2D eigenvalue weighted by Gasteiger charge is -2.17. The Morgan fingerprint density at radius 1 is 1.23 bits per heavy atom. The van der Waals surface area contributed by atoms with Crippen LogP contribution in [0.5, 0.6) is 11.5 Å². The molecule has 0 spiro atoms. The number of halogens is 1. The summed E-state index contributed by atoms with van der Waals surface area (Å²) >= 11 is 1.67. The Hall–Kier alpha value is -2.65. The molecule has 2 heterocycles. The number of nitrogens with one attached hydrogen (secondary N) is 1. The normalized spacial score (nSPS) is 15.9. The van der Waals surface area contributed by atoms with E-state index in [0.29, 0.717) is 23.7 Å². The molecule has 30 heavy (non-hydrogen) atoms. The largest absolute Gasteiger partial charge is 0.493 e. The molecule has 2 aromatic rings. The van der Waals surface area contributed by atoms with E-state index in [-0.39, 0.29) is 6.61 Å². The standard InChI is InChI=1S/C21H28FN5O2S/c1-3-4-17-14(6-8-20-26-18(23)12-19(24)27-20)25-21(30-17)13-5-7-15(28-2)16(11-13)29-10-9-22/h5,7,11-12,18H,3-4,6,8-10,23-24H2,1-2H3,(H,26,27). The van der Waals surface area contributed by atoms with Gasteiger partial charge in [-0.2, -0.15) is 0 Å². The zero-order valence-corrected chi connectivity index (χ0v) is 18.1. The van der Waals surface area contributed by atoms with Crippen molar-refractivity contribution in [1.29, 1.82) is 0 Å². The number of alkyl halides is 1. The number of aryl methyl sites for hydroxylation is 2. The molecule has 1 aliphatic heterocycles. The number of amidine groups is 1. The molecule has 0 saturated carbocycles. The Morgan fingerprint density at radius 3 is 2.77 bits per heavy atom. The first-order valence-corrected chi connectivity index (χ1v) is 10.8. The molecule has 3 rings (SSSR count). The predicted octanol–water partition coefficient (Wildman–Crippen LogP) is 3.14. The van der Waals surface area contributed by atoms with Crippen LogP contribution in [0.25, 0.3) is 10.6 Å². The maximum Gasteiger partial charge on any atom is 0.161 e. The van der Waals surface area contributed by atoms with E-state index >= 15 is 0 Å². The van der Waals surface area contributed by atoms with E-state index in [2.05, 4.69) is 17.2 Å². The first-order valence-electron chi connectivity index (χ1n) is 9.96. The van der Waals surface area contributed by atoms with Crippen molar-refractivity contribution in [2.45, 2.75) is 38.8 Å². The minimum absolute atomic E-state index is 0.0150. The third kappa shape index (κ3) is 5.48. The van der Waals surface area contributed by atoms with Crippen LogP contribution in [0.4, 0.5) is 4.39 Å². The van der Waals surface area contributed by atoms with Crippen LogP contribution in [0.15, 0.2) is 35.1 Å². The quantitative estimate of drug-likeness (QED) is 0.531. The zero-order valence-electron chi connectivity index (χ0n) is 17.3. The van der Waals surface area contributed by atoms with Gasteiger partial charge in [-0.05, 0) is 37.1 Å². The van der Waals surface area contributed by atoms with Crippen LogP contribution in [0, 0.1) is 0 Å². The number of methoxy groups -OCH3 is 1. The summed E-state index contributed by atoms with van der Waals surface area (Å²) in [6, 6.07) is 5.61. The van der Waals surface area contributed by atoms with E-state index < -0.39 is 12.8 Å². The van der Waals surface area contributed by atoms with Crippen LogP contribution >= 0.6 is 11.3 Å². The summed E-state index contributed by atoms with van der Waals surface area (Å²) < 4.78 is 23.4. The SMILES string of the molecule is CCCc1sc(-c2ccc(OC)c(OCCF)c2)nc1CCC1=NC(N)C=C(N)N1. The molecule has 0 aliphatic carbocycles. The zero-order chi connectivity index (χ0) is 21.5. The van der Waals surface area contributed by atoms with Gasteiger partial charge >= 0.3 is 0 Å². The van der Waals surface area contributed by atoms with E-state index in [1.54, 1.807) is 24.5 Å². The number of ether oxygens (including phenoxy) is 2. The third-order valence-electron chi connectivity index (χ3n) is 4.54. The van der Waals surface area contributed by atoms with Crippen LogP contribution < -0.4 is 26.3 Å². The van der Waals surface area contributed by atoms with Crippen molar-refractivity contribution in [2.24, 2.45) is 16.5 Å². The maximum atomic E-state index is 12.6. The van der Waals surface area contributed by atoms with Gasteiger partial charge in [-0.1, -0.05) is 13.3 Å². The van der Waals surface area contributed by atoms with Crippen LogP contribution in [0.1, 0.15) is 30.3 Å². The second-order valence-electron chi connectivity index (χ2n) is 6.86. The average molecular weight is 434 g/mol. The van der Waals surface area contributed by atoms with Crippen molar-refractivity contribution in [3.63, 3.8) is 0 Å². The minimum atomic E-state index is -0.559. The first kappa shape index (κ1) is 22.0. The van der Waals surface area contributed by atoms with Crippen molar-refractivity contribution < 1.29 is 13.9 Å². The number of nitrogens with two attached hydrogens (primary N) is 2. The maximum absolute atomic E-state index is 12.6. The van der Waals surface area contributed by atoms with Gasteiger partial charge in [0, 0.05) is 16.9 Å². The predicted molar refractivity (Wildman–Crippen MR) is 119 cm³/mol. The minimum Gasteiger partial charge on any atom is -0.493 e. The number of aromatic nitrogens is 1. The van der Waals surface area contributed by atoms with E-state index in [4.69, 9.17) is 25.9 Å². The van der Waals surface area contributed by atoms with Crippen molar-refractivity contribution in [1.82, 2.24) is 10.3 Å². The van der Waals surface area contributed by atoms with E-state index in [0.717, 1.165) is 41.4 Å². The lowest BCUT2D eigenvalue weighted by molar-refractivity contribution is 0.260. The number of rotatable bonds is 10. The fourth-order valence-corrected chi connectivity index (χ4v) is 4.41. The van der Waals surface area contributed by atoms with Gasteiger partial charge in [-0.25, -0.2) is 14.4 Å². The molecule has 162 valence electrons. The van der Waals surface area contributed by atoms with Crippen LogP contribution in [-0.2, 0) is 12.8 Å². The smallest absolute Gasteiger partial charge is 0.161 e. The molecular formula is C21H28FN5O2S. The third-order valence-corrected chi connectivity index (χ3v) is 5.75. The van der Waals surface area contributed by atoms with Crippen LogP contribution in [0.3, 0.4) is 0 Å². The molecule has 1 aromatic heterocycles. The average Bonchev–Trinajstić information content (AvgIpc) is 3.13. The highest BCUT2D eigenvalue weighted by Crippen LogP contribution is 2.36. The Morgan fingerprint density at radius 2 is 2.07 bits per heavy atom. The fraction of sp³-hybridized carbons (Fsp3) is 0.429. The summed E-state index contributed by atoms with van der Waals surface area (Å²) in [4.78, 5) is 10.5.